The van der Waals surface area contributed by atoms with Crippen LogP contribution in [0.3, 0.4) is 0 Å². The Morgan fingerprint density at radius 3 is 1.22 bits per heavy atom. The zero-order valence-electron chi connectivity index (χ0n) is 24.3. The van der Waals surface area contributed by atoms with Gasteiger partial charge in [-0.2, -0.15) is 12.1 Å². The minimum atomic E-state index is 0.210. The van der Waals surface area contributed by atoms with E-state index in [1.54, 1.807) is 23.3 Å². The maximum absolute atomic E-state index is 2.41. The van der Waals surface area contributed by atoms with Crippen molar-refractivity contribution in [2.75, 3.05) is 0 Å². The summed E-state index contributed by atoms with van der Waals surface area (Å²) >= 11 is 1.74. The summed E-state index contributed by atoms with van der Waals surface area (Å²) in [5, 5.41) is 5.82. The molecule has 0 aliphatic carbocycles. The van der Waals surface area contributed by atoms with Crippen LogP contribution in [0.5, 0.6) is 0 Å². The van der Waals surface area contributed by atoms with E-state index in [1.807, 2.05) is 0 Å². The second-order valence-corrected chi connectivity index (χ2v) is 20.0. The van der Waals surface area contributed by atoms with Gasteiger partial charge in [0, 0.05) is 0 Å². The van der Waals surface area contributed by atoms with Crippen LogP contribution in [0.4, 0.5) is 0 Å². The minimum absolute atomic E-state index is 0.210. The third kappa shape index (κ3) is 9.57. The molecule has 0 unspecified atom stereocenters. The molecule has 0 atom stereocenters. The molecule has 192 valence electrons. The molecule has 0 spiro atoms. The van der Waals surface area contributed by atoms with E-state index in [1.165, 1.54) is 106 Å². The van der Waals surface area contributed by atoms with Crippen LogP contribution in [0, 0.1) is 13.8 Å². The van der Waals surface area contributed by atoms with Crippen molar-refractivity contribution in [1.82, 2.24) is 0 Å². The average molecular weight is 576 g/mol. The van der Waals surface area contributed by atoms with Crippen LogP contribution in [0.25, 0.3) is 21.5 Å². The molecule has 36 heavy (non-hydrogen) atoms. The SMILES string of the molecule is CCCc1cc(CCC)c2cc(C)[cH-]c2c1.CCCc1cc(CCC)c2cc(C)[cH-]c2c1.C[Si](C)=[Zr+2]. The molecular formula is C34H48SiZr. The van der Waals surface area contributed by atoms with E-state index in [2.05, 4.69) is 103 Å². The topological polar surface area (TPSA) is 0 Å². The molecule has 0 saturated carbocycles. The van der Waals surface area contributed by atoms with E-state index in [4.69, 9.17) is 0 Å². The summed E-state index contributed by atoms with van der Waals surface area (Å²) in [5.74, 6) is 0. The van der Waals surface area contributed by atoms with Crippen LogP contribution in [0.2, 0.25) is 13.1 Å². The number of fused-ring (bicyclic) bond motifs is 2. The van der Waals surface area contributed by atoms with Crippen molar-refractivity contribution >= 4 is 27.0 Å². The van der Waals surface area contributed by atoms with Crippen molar-refractivity contribution in [3.8, 4) is 0 Å². The number of hydrogen-bond donors (Lipinski definition) is 0. The van der Waals surface area contributed by atoms with E-state index in [-0.39, 0.29) is 5.43 Å². The van der Waals surface area contributed by atoms with Crippen LogP contribution < -0.4 is 0 Å². The van der Waals surface area contributed by atoms with E-state index in [0.717, 1.165) is 0 Å². The molecule has 4 rings (SSSR count). The molecule has 0 nitrogen and oxygen atoms in total. The molecule has 0 fully saturated rings. The third-order valence-electron chi connectivity index (χ3n) is 6.34. The fourth-order valence-corrected chi connectivity index (χ4v) is 5.05. The van der Waals surface area contributed by atoms with Crippen LogP contribution in [0.15, 0.2) is 48.5 Å². The molecule has 4 aromatic carbocycles. The third-order valence-corrected chi connectivity index (χ3v) is 6.34. The van der Waals surface area contributed by atoms with Gasteiger partial charge in [0.1, 0.15) is 0 Å². The molecular weight excluding hydrogens is 528 g/mol. The van der Waals surface area contributed by atoms with Crippen LogP contribution in [-0.4, -0.2) is 5.43 Å². The van der Waals surface area contributed by atoms with Crippen LogP contribution in [0.1, 0.15) is 86.8 Å². The van der Waals surface area contributed by atoms with Crippen molar-refractivity contribution in [2.45, 2.75) is 106 Å². The maximum atomic E-state index is 2.41. The zero-order chi connectivity index (χ0) is 26.7. The first-order chi connectivity index (χ1) is 17.2. The summed E-state index contributed by atoms with van der Waals surface area (Å²) < 4.78 is 0. The molecule has 0 radical (unpaired) electrons. The van der Waals surface area contributed by atoms with Crippen molar-refractivity contribution < 1.29 is 23.3 Å². The van der Waals surface area contributed by atoms with Gasteiger partial charge >= 0.3 is 41.9 Å². The molecule has 0 aromatic heterocycles. The molecule has 0 N–H and O–H groups in total. The first kappa shape index (κ1) is 31.0. The quantitative estimate of drug-likeness (QED) is 0.145. The van der Waals surface area contributed by atoms with Crippen LogP contribution >= 0.6 is 0 Å². The monoisotopic (exact) mass is 574 g/mol. The van der Waals surface area contributed by atoms with E-state index in [9.17, 15) is 0 Å². The summed E-state index contributed by atoms with van der Waals surface area (Å²) in [5.41, 5.74) is 9.07. The summed E-state index contributed by atoms with van der Waals surface area (Å²) in [7, 11) is 0. The molecule has 0 aliphatic heterocycles. The summed E-state index contributed by atoms with van der Waals surface area (Å²) in [6, 6.07) is 18.8. The number of aryl methyl sites for hydroxylation is 6. The van der Waals surface area contributed by atoms with Gasteiger partial charge in [0.05, 0.1) is 0 Å². The summed E-state index contributed by atoms with van der Waals surface area (Å²) in [6.07, 6.45) is 9.75. The van der Waals surface area contributed by atoms with E-state index >= 15 is 0 Å². The van der Waals surface area contributed by atoms with Gasteiger partial charge in [-0.1, -0.05) is 102 Å². The first-order valence-corrected chi connectivity index (χ1v) is 20.3. The Morgan fingerprint density at radius 2 is 0.917 bits per heavy atom. The van der Waals surface area contributed by atoms with Gasteiger partial charge in [0.25, 0.3) is 0 Å². The predicted octanol–water partition coefficient (Wildman–Crippen LogP) is 10.3. The fourth-order valence-electron chi connectivity index (χ4n) is 5.05. The predicted molar refractivity (Wildman–Crippen MR) is 162 cm³/mol. The van der Waals surface area contributed by atoms with Crippen molar-refractivity contribution in [2.24, 2.45) is 0 Å². The second-order valence-electron chi connectivity index (χ2n) is 10.6. The Kier molecular flexibility index (Phi) is 13.7. The van der Waals surface area contributed by atoms with Gasteiger partial charge in [0.2, 0.25) is 0 Å². The Labute approximate surface area is 237 Å². The average Bonchev–Trinajstić information content (AvgIpc) is 3.36. The van der Waals surface area contributed by atoms with Gasteiger partial charge in [-0.05, 0) is 25.7 Å². The zero-order valence-corrected chi connectivity index (χ0v) is 27.7. The Morgan fingerprint density at radius 1 is 0.583 bits per heavy atom. The Balaban J connectivity index is 0.000000221. The number of hydrogen-bond acceptors (Lipinski definition) is 0. The van der Waals surface area contributed by atoms with E-state index < -0.39 is 0 Å². The van der Waals surface area contributed by atoms with Crippen molar-refractivity contribution in [3.05, 3.63) is 81.9 Å². The molecule has 0 bridgehead atoms. The molecule has 0 aliphatic rings. The molecule has 0 saturated heterocycles. The first-order valence-electron chi connectivity index (χ1n) is 14.1. The molecule has 4 aromatic rings. The van der Waals surface area contributed by atoms with Gasteiger partial charge in [-0.3, -0.25) is 0 Å². The molecule has 0 heterocycles. The van der Waals surface area contributed by atoms with Crippen molar-refractivity contribution in [1.29, 1.82) is 0 Å². The van der Waals surface area contributed by atoms with E-state index in [0.29, 0.717) is 0 Å². The van der Waals surface area contributed by atoms with Crippen molar-refractivity contribution in [3.63, 3.8) is 0 Å². The second kappa shape index (κ2) is 15.9. The van der Waals surface area contributed by atoms with Gasteiger partial charge in [-0.15, -0.1) is 56.9 Å². The Bertz CT molecular complexity index is 1140. The summed E-state index contributed by atoms with van der Waals surface area (Å²) in [4.78, 5) is 0. The van der Waals surface area contributed by atoms with Gasteiger partial charge in [0.15, 0.2) is 0 Å². The number of benzene rings is 2. The number of rotatable bonds is 8. The fraction of sp³-hybridized carbons (Fsp3) is 0.471. The van der Waals surface area contributed by atoms with Gasteiger partial charge in [-0.25, -0.2) is 0 Å². The Hall–Kier alpha value is -1.24. The van der Waals surface area contributed by atoms with Gasteiger partial charge < -0.3 is 0 Å². The molecule has 2 heteroatoms. The molecule has 0 amide bonds. The standard InChI is InChI=1S/2C16H21.C2H6Si.Zr/c2*1-4-6-13-10-14(7-5-2)16-9-12(3)8-15(16)11-13;1-3-2;/h2*8-11H,4-7H2,1-3H3;1-2H3;/q2*-1;;+2. The normalized spacial score (nSPS) is 10.7. The van der Waals surface area contributed by atoms with Crippen LogP contribution in [-0.2, 0) is 49.0 Å². The summed E-state index contributed by atoms with van der Waals surface area (Å²) in [6.45, 7) is 18.0.